The topological polar surface area (TPSA) is 8.29 Å². The Balaban J connectivity index is 2.34. The van der Waals surface area contributed by atoms with Gasteiger partial charge in [-0.25, -0.2) is 4.57 Å². The van der Waals surface area contributed by atoms with E-state index in [1.807, 2.05) is 0 Å². The van der Waals surface area contributed by atoms with E-state index in [1.54, 1.807) is 0 Å². The predicted octanol–water partition coefficient (Wildman–Crippen LogP) is 3.97. The first-order valence-corrected chi connectivity index (χ1v) is 7.28. The van der Waals surface area contributed by atoms with Gasteiger partial charge >= 0.3 is 0 Å². The van der Waals surface area contributed by atoms with Crippen LogP contribution in [0.25, 0.3) is 38.1 Å². The molecule has 2 aromatic carbocycles. The van der Waals surface area contributed by atoms with Gasteiger partial charge in [-0.05, 0) is 30.0 Å². The van der Waals surface area contributed by atoms with E-state index in [4.69, 9.17) is 0 Å². The lowest BCUT2D eigenvalue weighted by atomic mass is 10.0. The van der Waals surface area contributed by atoms with E-state index in [9.17, 15) is 0 Å². The average Bonchev–Trinajstić information content (AvgIpc) is 2.92. The molecule has 0 aliphatic heterocycles. The Morgan fingerprint density at radius 2 is 1.81 bits per heavy atom. The molecule has 3 heterocycles. The number of aromatic nitrogens is 2. The Bertz CT molecular complexity index is 1150. The Hall–Kier alpha value is -2.61. The van der Waals surface area contributed by atoms with Crippen molar-refractivity contribution in [3.05, 3.63) is 60.4 Å². The van der Waals surface area contributed by atoms with Gasteiger partial charge < -0.3 is 4.40 Å². The molecule has 0 atom stereocenters. The summed E-state index contributed by atoms with van der Waals surface area (Å²) < 4.78 is 4.59. The molecule has 0 bridgehead atoms. The smallest absolute Gasteiger partial charge is 0.224 e. The van der Waals surface area contributed by atoms with Gasteiger partial charge in [-0.2, -0.15) is 0 Å². The molecule has 0 saturated carbocycles. The zero-order valence-electron chi connectivity index (χ0n) is 12.1. The standard InChI is InChI=1S/C19H15N2/c1-12-6-7-14-9-11-21-15-5-3-4-13-8-10-20(2)19(17(13)15)16(12)18(14)21/h3-11H,1-2H3/q+1. The van der Waals surface area contributed by atoms with Crippen molar-refractivity contribution in [2.45, 2.75) is 6.92 Å². The van der Waals surface area contributed by atoms with Gasteiger partial charge in [-0.1, -0.05) is 24.3 Å². The van der Waals surface area contributed by atoms with Crippen LogP contribution in [0.3, 0.4) is 0 Å². The average molecular weight is 271 g/mol. The van der Waals surface area contributed by atoms with Crippen molar-refractivity contribution in [1.82, 2.24) is 4.40 Å². The number of nitrogens with zero attached hydrogens (tertiary/aromatic N) is 2. The van der Waals surface area contributed by atoms with Crippen LogP contribution < -0.4 is 4.57 Å². The first-order valence-electron chi connectivity index (χ1n) is 7.28. The van der Waals surface area contributed by atoms with Gasteiger partial charge in [-0.3, -0.25) is 0 Å². The summed E-state index contributed by atoms with van der Waals surface area (Å²) in [6, 6.07) is 15.4. The third kappa shape index (κ3) is 1.21. The Morgan fingerprint density at radius 3 is 2.71 bits per heavy atom. The molecule has 0 N–H and O–H groups in total. The highest BCUT2D eigenvalue weighted by atomic mass is 14.9. The van der Waals surface area contributed by atoms with E-state index in [0.29, 0.717) is 0 Å². The van der Waals surface area contributed by atoms with Crippen LogP contribution >= 0.6 is 0 Å². The summed E-state index contributed by atoms with van der Waals surface area (Å²) in [4.78, 5) is 0. The van der Waals surface area contributed by atoms with Crippen molar-refractivity contribution in [1.29, 1.82) is 0 Å². The second-order valence-corrected chi connectivity index (χ2v) is 5.90. The Labute approximate surface area is 122 Å². The maximum absolute atomic E-state index is 2.34. The molecular formula is C19H15N2+. The number of aryl methyl sites for hydroxylation is 2. The molecule has 3 aromatic heterocycles. The number of hydrogen-bond acceptors (Lipinski definition) is 0. The second kappa shape index (κ2) is 3.53. The van der Waals surface area contributed by atoms with Crippen molar-refractivity contribution >= 4 is 38.1 Å². The van der Waals surface area contributed by atoms with E-state index < -0.39 is 0 Å². The molecule has 0 radical (unpaired) electrons. The zero-order chi connectivity index (χ0) is 14.1. The van der Waals surface area contributed by atoms with Crippen molar-refractivity contribution in [2.75, 3.05) is 0 Å². The van der Waals surface area contributed by atoms with Gasteiger partial charge in [0.1, 0.15) is 7.05 Å². The quantitative estimate of drug-likeness (QED) is 0.229. The Kier molecular flexibility index (Phi) is 1.86. The van der Waals surface area contributed by atoms with Gasteiger partial charge in [0.15, 0.2) is 6.20 Å². The lowest BCUT2D eigenvalue weighted by molar-refractivity contribution is -0.643. The summed E-state index contributed by atoms with van der Waals surface area (Å²) in [7, 11) is 2.14. The molecule has 0 aliphatic rings. The monoisotopic (exact) mass is 271 g/mol. The van der Waals surface area contributed by atoms with Gasteiger partial charge in [0.25, 0.3) is 0 Å². The van der Waals surface area contributed by atoms with E-state index >= 15 is 0 Å². The van der Waals surface area contributed by atoms with E-state index in [1.165, 1.54) is 43.7 Å². The van der Waals surface area contributed by atoms with Crippen LogP contribution in [0, 0.1) is 6.92 Å². The van der Waals surface area contributed by atoms with Crippen LogP contribution in [0.1, 0.15) is 5.56 Å². The van der Waals surface area contributed by atoms with E-state index in [-0.39, 0.29) is 0 Å². The Morgan fingerprint density at radius 1 is 0.905 bits per heavy atom. The highest BCUT2D eigenvalue weighted by Gasteiger charge is 2.20. The molecule has 2 heteroatoms. The summed E-state index contributed by atoms with van der Waals surface area (Å²) in [5, 5.41) is 5.32. The molecule has 0 amide bonds. The summed E-state index contributed by atoms with van der Waals surface area (Å²) in [5.41, 5.74) is 5.28. The third-order valence-electron chi connectivity index (χ3n) is 4.70. The molecule has 5 rings (SSSR count). The first-order chi connectivity index (χ1) is 10.3. The van der Waals surface area contributed by atoms with Crippen molar-refractivity contribution in [3.63, 3.8) is 0 Å². The van der Waals surface area contributed by atoms with Crippen LogP contribution in [0.15, 0.2) is 54.9 Å². The molecule has 0 fully saturated rings. The first kappa shape index (κ1) is 11.1. The van der Waals surface area contributed by atoms with E-state index in [0.717, 1.165) is 0 Å². The summed E-state index contributed by atoms with van der Waals surface area (Å²) in [6.45, 7) is 2.21. The number of benzene rings is 2. The fourth-order valence-corrected chi connectivity index (χ4v) is 3.73. The summed E-state index contributed by atoms with van der Waals surface area (Å²) in [6.07, 6.45) is 4.36. The molecule has 0 spiro atoms. The maximum Gasteiger partial charge on any atom is 0.224 e. The third-order valence-corrected chi connectivity index (χ3v) is 4.70. The highest BCUT2D eigenvalue weighted by Crippen LogP contribution is 2.35. The molecule has 2 nitrogen and oxygen atoms in total. The predicted molar refractivity (Wildman–Crippen MR) is 87.0 cm³/mol. The lowest BCUT2D eigenvalue weighted by Crippen LogP contribution is -2.28. The number of hydrogen-bond donors (Lipinski definition) is 0. The van der Waals surface area contributed by atoms with Crippen LogP contribution in [-0.2, 0) is 7.05 Å². The minimum absolute atomic E-state index is 1.28. The summed E-state index contributed by atoms with van der Waals surface area (Å²) >= 11 is 0. The maximum atomic E-state index is 2.34. The van der Waals surface area contributed by atoms with E-state index in [2.05, 4.69) is 77.8 Å². The van der Waals surface area contributed by atoms with Crippen LogP contribution in [0.5, 0.6) is 0 Å². The van der Waals surface area contributed by atoms with Gasteiger partial charge in [0.05, 0.1) is 21.8 Å². The lowest BCUT2D eigenvalue weighted by Gasteiger charge is -2.11. The largest absolute Gasteiger partial charge is 0.315 e. The van der Waals surface area contributed by atoms with Crippen LogP contribution in [0.4, 0.5) is 0 Å². The molecule has 100 valence electrons. The van der Waals surface area contributed by atoms with Crippen molar-refractivity contribution in [3.8, 4) is 0 Å². The number of rotatable bonds is 0. The SMILES string of the molecule is Cc1ccc2ccn3c4cccc5cc[n+](C)c(c1c23)c54. The van der Waals surface area contributed by atoms with Crippen LogP contribution in [-0.4, -0.2) is 4.40 Å². The molecule has 0 unspecified atom stereocenters. The fourth-order valence-electron chi connectivity index (χ4n) is 3.73. The van der Waals surface area contributed by atoms with Crippen LogP contribution in [0.2, 0.25) is 0 Å². The molecule has 5 aromatic rings. The zero-order valence-corrected chi connectivity index (χ0v) is 12.1. The summed E-state index contributed by atoms with van der Waals surface area (Å²) in [5.74, 6) is 0. The second-order valence-electron chi connectivity index (χ2n) is 5.90. The fraction of sp³-hybridized carbons (Fsp3) is 0.105. The minimum atomic E-state index is 1.28. The van der Waals surface area contributed by atoms with Crippen molar-refractivity contribution in [2.24, 2.45) is 7.05 Å². The molecule has 0 aliphatic carbocycles. The molecular weight excluding hydrogens is 256 g/mol. The minimum Gasteiger partial charge on any atom is -0.315 e. The van der Waals surface area contributed by atoms with Gasteiger partial charge in [-0.15, -0.1) is 0 Å². The van der Waals surface area contributed by atoms with Gasteiger partial charge in [0.2, 0.25) is 5.52 Å². The number of fused-ring (bicyclic) bond motifs is 2. The normalized spacial score (nSPS) is 12.3. The molecule has 0 saturated heterocycles. The van der Waals surface area contributed by atoms with Gasteiger partial charge in [0, 0.05) is 17.6 Å². The molecule has 21 heavy (non-hydrogen) atoms. The highest BCUT2D eigenvalue weighted by molar-refractivity contribution is 6.19. The van der Waals surface area contributed by atoms with Crippen molar-refractivity contribution < 1.29 is 4.57 Å². The number of pyridine rings is 2.